The van der Waals surface area contributed by atoms with Gasteiger partial charge in [0, 0.05) is 22.8 Å². The van der Waals surface area contributed by atoms with E-state index in [1.54, 1.807) is 0 Å². The summed E-state index contributed by atoms with van der Waals surface area (Å²) in [5.74, 6) is 0.614. The first-order chi connectivity index (χ1) is 15.0. The lowest BCUT2D eigenvalue weighted by Crippen LogP contribution is -1.97. The number of aryl methyl sites for hydroxylation is 1. The van der Waals surface area contributed by atoms with E-state index in [2.05, 4.69) is 16.9 Å². The van der Waals surface area contributed by atoms with Gasteiger partial charge in [0.05, 0.1) is 17.5 Å². The average molecular weight is 448 g/mol. The molecule has 153 valence electrons. The highest BCUT2D eigenvalue weighted by Crippen LogP contribution is 2.40. The zero-order valence-electron chi connectivity index (χ0n) is 16.6. The van der Waals surface area contributed by atoms with Gasteiger partial charge in [-0.3, -0.25) is 0 Å². The number of fused-ring (bicyclic) bond motifs is 2. The van der Waals surface area contributed by atoms with Gasteiger partial charge in [-0.25, -0.2) is 9.97 Å². The van der Waals surface area contributed by atoms with Crippen LogP contribution in [-0.4, -0.2) is 26.1 Å². The Balaban J connectivity index is 1.85. The number of aromatic nitrogens is 4. The van der Waals surface area contributed by atoms with Gasteiger partial charge in [-0.2, -0.15) is 4.98 Å². The molecule has 2 aromatic carbocycles. The molecule has 5 rings (SSSR count). The molecular formula is C24H17Cl2N4O. The molecule has 0 N–H and O–H groups in total. The molecule has 0 unspecified atom stereocenters. The molecule has 0 spiro atoms. The van der Waals surface area contributed by atoms with Crippen LogP contribution in [0.5, 0.6) is 5.75 Å². The zero-order valence-corrected chi connectivity index (χ0v) is 18.2. The second-order valence-electron chi connectivity index (χ2n) is 7.11. The second kappa shape index (κ2) is 7.84. The van der Waals surface area contributed by atoms with Crippen LogP contribution in [0.2, 0.25) is 10.4 Å². The van der Waals surface area contributed by atoms with Crippen molar-refractivity contribution >= 4 is 45.1 Å². The Morgan fingerprint density at radius 1 is 1.00 bits per heavy atom. The number of halogens is 2. The molecule has 0 aliphatic carbocycles. The lowest BCUT2D eigenvalue weighted by molar-refractivity contribution is 0.362. The smallest absolute Gasteiger partial charge is 0.225 e. The predicted octanol–water partition coefficient (Wildman–Crippen LogP) is 6.46. The van der Waals surface area contributed by atoms with Crippen molar-refractivity contribution in [2.75, 3.05) is 6.61 Å². The highest BCUT2D eigenvalue weighted by Gasteiger charge is 2.22. The third-order valence-electron chi connectivity index (χ3n) is 5.09. The fourth-order valence-corrected chi connectivity index (χ4v) is 4.12. The number of ether oxygens (including phenoxy) is 1. The van der Waals surface area contributed by atoms with E-state index in [0.29, 0.717) is 22.5 Å². The Morgan fingerprint density at radius 2 is 1.77 bits per heavy atom. The molecule has 0 bridgehead atoms. The SMILES string of the molecule is [CH2]COc1cc2ccccc2nc1-c1cn(-c2ccc(C)cc2)c2nc(Cl)nc(Cl)c12. The van der Waals surface area contributed by atoms with E-state index in [4.69, 9.17) is 32.9 Å². The number of nitrogens with zero attached hydrogens (tertiary/aromatic N) is 4. The normalized spacial score (nSPS) is 11.4. The van der Waals surface area contributed by atoms with Gasteiger partial charge in [0.2, 0.25) is 5.28 Å². The molecule has 7 heteroatoms. The van der Waals surface area contributed by atoms with Gasteiger partial charge in [-0.05, 0) is 49.7 Å². The maximum absolute atomic E-state index is 6.56. The van der Waals surface area contributed by atoms with Crippen LogP contribution in [-0.2, 0) is 0 Å². The van der Waals surface area contributed by atoms with Crippen molar-refractivity contribution in [3.8, 4) is 22.7 Å². The molecule has 1 radical (unpaired) electrons. The molecule has 0 aliphatic rings. The summed E-state index contributed by atoms with van der Waals surface area (Å²) in [4.78, 5) is 13.5. The minimum absolute atomic E-state index is 0.0798. The van der Waals surface area contributed by atoms with Gasteiger partial charge in [-0.1, -0.05) is 47.5 Å². The van der Waals surface area contributed by atoms with Crippen LogP contribution in [0, 0.1) is 13.8 Å². The minimum Gasteiger partial charge on any atom is -0.491 e. The quantitative estimate of drug-likeness (QED) is 0.234. The number of rotatable bonds is 4. The Hall–Kier alpha value is -3.15. The monoisotopic (exact) mass is 447 g/mol. The van der Waals surface area contributed by atoms with Crippen molar-refractivity contribution in [2.45, 2.75) is 6.92 Å². The summed E-state index contributed by atoms with van der Waals surface area (Å²) in [6.07, 6.45) is 1.94. The molecule has 31 heavy (non-hydrogen) atoms. The Bertz CT molecular complexity index is 1430. The summed E-state index contributed by atoms with van der Waals surface area (Å²) in [5, 5.41) is 1.97. The van der Waals surface area contributed by atoms with E-state index in [9.17, 15) is 0 Å². The lowest BCUT2D eigenvalue weighted by Gasteiger charge is -2.11. The summed E-state index contributed by atoms with van der Waals surface area (Å²) in [5.41, 5.74) is 4.93. The minimum atomic E-state index is 0.0798. The van der Waals surface area contributed by atoms with Gasteiger partial charge in [0.15, 0.2) is 5.65 Å². The molecule has 5 aromatic rings. The van der Waals surface area contributed by atoms with Crippen LogP contribution >= 0.6 is 23.2 Å². The summed E-state index contributed by atoms with van der Waals surface area (Å²) >= 11 is 12.7. The molecular weight excluding hydrogens is 431 g/mol. The van der Waals surface area contributed by atoms with E-state index in [1.165, 1.54) is 0 Å². The first-order valence-corrected chi connectivity index (χ1v) is 10.4. The molecule has 3 heterocycles. The van der Waals surface area contributed by atoms with Crippen LogP contribution in [0.1, 0.15) is 5.56 Å². The van der Waals surface area contributed by atoms with E-state index >= 15 is 0 Å². The first-order valence-electron chi connectivity index (χ1n) is 9.68. The van der Waals surface area contributed by atoms with Crippen molar-refractivity contribution in [1.29, 1.82) is 0 Å². The average Bonchev–Trinajstić information content (AvgIpc) is 3.13. The van der Waals surface area contributed by atoms with Crippen molar-refractivity contribution in [3.05, 3.63) is 83.7 Å². The molecule has 0 fully saturated rings. The third-order valence-corrected chi connectivity index (χ3v) is 5.53. The van der Waals surface area contributed by atoms with E-state index in [-0.39, 0.29) is 17.0 Å². The van der Waals surface area contributed by atoms with Crippen LogP contribution in [0.25, 0.3) is 38.9 Å². The van der Waals surface area contributed by atoms with Crippen LogP contribution < -0.4 is 4.74 Å². The van der Waals surface area contributed by atoms with E-state index in [1.807, 2.05) is 72.3 Å². The maximum atomic E-state index is 6.56. The standard InChI is InChI=1S/C24H17Cl2N4O/c1-3-31-19-12-15-6-4-5-7-18(15)27-21(19)17-13-30(16-10-8-14(2)9-11-16)23-20(17)22(25)28-24(26)29-23/h4-13H,1,3H2,2H3. The van der Waals surface area contributed by atoms with Crippen molar-refractivity contribution in [1.82, 2.24) is 19.5 Å². The summed E-state index contributed by atoms with van der Waals surface area (Å²) < 4.78 is 7.79. The van der Waals surface area contributed by atoms with Crippen LogP contribution in [0.3, 0.4) is 0 Å². The fourth-order valence-electron chi connectivity index (χ4n) is 3.65. The first kappa shape index (κ1) is 19.8. The number of hydrogen-bond acceptors (Lipinski definition) is 4. The third kappa shape index (κ3) is 3.50. The number of pyridine rings is 1. The fraction of sp³-hybridized carbons (Fsp3) is 0.0833. The summed E-state index contributed by atoms with van der Waals surface area (Å²) in [7, 11) is 0. The number of para-hydroxylation sites is 1. The van der Waals surface area contributed by atoms with E-state index < -0.39 is 0 Å². The lowest BCUT2D eigenvalue weighted by atomic mass is 10.1. The molecule has 3 aromatic heterocycles. The summed E-state index contributed by atoms with van der Waals surface area (Å²) in [6, 6.07) is 17.9. The topological polar surface area (TPSA) is 52.8 Å². The zero-order chi connectivity index (χ0) is 21.5. The molecule has 0 atom stereocenters. The van der Waals surface area contributed by atoms with Gasteiger partial charge in [0.1, 0.15) is 16.6 Å². The van der Waals surface area contributed by atoms with Crippen molar-refractivity contribution in [2.24, 2.45) is 0 Å². The van der Waals surface area contributed by atoms with Crippen molar-refractivity contribution in [3.63, 3.8) is 0 Å². The van der Waals surface area contributed by atoms with Gasteiger partial charge < -0.3 is 9.30 Å². The van der Waals surface area contributed by atoms with Gasteiger partial charge in [0.25, 0.3) is 0 Å². The molecule has 0 aliphatic heterocycles. The second-order valence-corrected chi connectivity index (χ2v) is 7.80. The Morgan fingerprint density at radius 3 is 2.55 bits per heavy atom. The maximum Gasteiger partial charge on any atom is 0.225 e. The Kier molecular flexibility index (Phi) is 5.00. The van der Waals surface area contributed by atoms with Crippen LogP contribution in [0.4, 0.5) is 0 Å². The highest BCUT2D eigenvalue weighted by atomic mass is 35.5. The Labute approximate surface area is 189 Å². The van der Waals surface area contributed by atoms with Gasteiger partial charge in [-0.15, -0.1) is 0 Å². The predicted molar refractivity (Wildman–Crippen MR) is 125 cm³/mol. The summed E-state index contributed by atoms with van der Waals surface area (Å²) in [6.45, 7) is 6.13. The van der Waals surface area contributed by atoms with Crippen LogP contribution in [0.15, 0.2) is 60.8 Å². The van der Waals surface area contributed by atoms with E-state index in [0.717, 1.165) is 27.7 Å². The molecule has 0 saturated heterocycles. The van der Waals surface area contributed by atoms with Gasteiger partial charge >= 0.3 is 0 Å². The molecule has 0 saturated carbocycles. The number of hydrogen-bond donors (Lipinski definition) is 0. The largest absolute Gasteiger partial charge is 0.491 e. The molecule has 5 nitrogen and oxygen atoms in total. The molecule has 0 amide bonds. The number of benzene rings is 2. The highest BCUT2D eigenvalue weighted by molar-refractivity contribution is 6.36. The van der Waals surface area contributed by atoms with Crippen molar-refractivity contribution < 1.29 is 4.74 Å².